The molecule has 0 aromatic rings. The van der Waals surface area contributed by atoms with Crippen molar-refractivity contribution in [2.75, 3.05) is 19.8 Å². The van der Waals surface area contributed by atoms with Crippen molar-refractivity contribution in [1.82, 2.24) is 5.32 Å². The number of ether oxygens (including phenoxy) is 1. The van der Waals surface area contributed by atoms with Gasteiger partial charge < -0.3 is 15.8 Å². The second kappa shape index (κ2) is 5.86. The van der Waals surface area contributed by atoms with Crippen LogP contribution < -0.4 is 11.1 Å². The molecule has 14 heavy (non-hydrogen) atoms. The van der Waals surface area contributed by atoms with Gasteiger partial charge in [-0.15, -0.1) is 0 Å². The van der Waals surface area contributed by atoms with Crippen molar-refractivity contribution in [3.63, 3.8) is 0 Å². The number of guanidine groups is 1. The summed E-state index contributed by atoms with van der Waals surface area (Å²) in [7, 11) is 0. The molecule has 1 fully saturated rings. The minimum Gasteiger partial charge on any atom is -0.381 e. The summed E-state index contributed by atoms with van der Waals surface area (Å²) in [6.07, 6.45) is 2.24. The van der Waals surface area contributed by atoms with Gasteiger partial charge in [0.2, 0.25) is 0 Å². The molecule has 0 aliphatic carbocycles. The van der Waals surface area contributed by atoms with Crippen LogP contribution in [0, 0.1) is 5.92 Å². The summed E-state index contributed by atoms with van der Waals surface area (Å²) in [6, 6.07) is 0.397. The normalized spacial score (nSPS) is 22.0. The lowest BCUT2D eigenvalue weighted by molar-refractivity contribution is 0.0581. The maximum atomic E-state index is 5.70. The number of hydrogen-bond acceptors (Lipinski definition) is 2. The fourth-order valence-electron chi connectivity index (χ4n) is 1.78. The molecule has 1 aliphatic heterocycles. The van der Waals surface area contributed by atoms with Crippen molar-refractivity contribution in [3.8, 4) is 0 Å². The van der Waals surface area contributed by atoms with Crippen LogP contribution in [0.15, 0.2) is 4.99 Å². The van der Waals surface area contributed by atoms with E-state index < -0.39 is 0 Å². The van der Waals surface area contributed by atoms with Crippen LogP contribution in [-0.2, 0) is 4.74 Å². The lowest BCUT2D eigenvalue weighted by Gasteiger charge is -2.28. The number of hydrogen-bond donors (Lipinski definition) is 2. The SMILES string of the molecule is CCN=C(N)NC(C)C1CCOCC1. The van der Waals surface area contributed by atoms with Crippen LogP contribution in [0.1, 0.15) is 26.7 Å². The summed E-state index contributed by atoms with van der Waals surface area (Å²) in [4.78, 5) is 4.11. The van der Waals surface area contributed by atoms with Crippen LogP contribution >= 0.6 is 0 Å². The van der Waals surface area contributed by atoms with Gasteiger partial charge in [0, 0.05) is 25.8 Å². The molecule has 1 rings (SSSR count). The third-order valence-electron chi connectivity index (χ3n) is 2.68. The first kappa shape index (κ1) is 11.3. The fraction of sp³-hybridized carbons (Fsp3) is 0.900. The molecule has 0 aromatic heterocycles. The molecule has 0 radical (unpaired) electrons. The fourth-order valence-corrected chi connectivity index (χ4v) is 1.78. The van der Waals surface area contributed by atoms with Crippen molar-refractivity contribution < 1.29 is 4.74 Å². The molecule has 1 atom stereocenters. The van der Waals surface area contributed by atoms with Crippen LogP contribution in [0.4, 0.5) is 0 Å². The van der Waals surface area contributed by atoms with Gasteiger partial charge >= 0.3 is 0 Å². The summed E-state index contributed by atoms with van der Waals surface area (Å²) in [5.74, 6) is 1.22. The lowest BCUT2D eigenvalue weighted by atomic mass is 9.93. The Hall–Kier alpha value is -0.770. The average molecular weight is 199 g/mol. The first-order valence-electron chi connectivity index (χ1n) is 5.38. The first-order valence-corrected chi connectivity index (χ1v) is 5.38. The van der Waals surface area contributed by atoms with E-state index in [0.717, 1.165) is 32.6 Å². The first-order chi connectivity index (χ1) is 6.74. The maximum Gasteiger partial charge on any atom is 0.188 e. The highest BCUT2D eigenvalue weighted by molar-refractivity contribution is 5.78. The highest BCUT2D eigenvalue weighted by Crippen LogP contribution is 2.18. The van der Waals surface area contributed by atoms with E-state index in [0.29, 0.717) is 17.9 Å². The zero-order chi connectivity index (χ0) is 10.4. The Bertz CT molecular complexity index is 188. The van der Waals surface area contributed by atoms with Crippen molar-refractivity contribution in [2.24, 2.45) is 16.6 Å². The number of nitrogens with one attached hydrogen (secondary N) is 1. The van der Waals surface area contributed by atoms with E-state index in [2.05, 4.69) is 17.2 Å². The highest BCUT2D eigenvalue weighted by Gasteiger charge is 2.20. The highest BCUT2D eigenvalue weighted by atomic mass is 16.5. The Balaban J connectivity index is 2.32. The van der Waals surface area contributed by atoms with E-state index in [1.165, 1.54) is 0 Å². The van der Waals surface area contributed by atoms with Crippen molar-refractivity contribution >= 4 is 5.96 Å². The summed E-state index contributed by atoms with van der Waals surface area (Å²) < 4.78 is 5.31. The number of nitrogens with zero attached hydrogens (tertiary/aromatic N) is 1. The van der Waals surface area contributed by atoms with Gasteiger partial charge in [0.15, 0.2) is 5.96 Å². The van der Waals surface area contributed by atoms with E-state index in [4.69, 9.17) is 10.5 Å². The van der Waals surface area contributed by atoms with Gasteiger partial charge in [-0.2, -0.15) is 0 Å². The quantitative estimate of drug-likeness (QED) is 0.520. The van der Waals surface area contributed by atoms with Gasteiger partial charge in [0.25, 0.3) is 0 Å². The predicted molar refractivity (Wildman–Crippen MR) is 58.3 cm³/mol. The average Bonchev–Trinajstić information content (AvgIpc) is 2.19. The van der Waals surface area contributed by atoms with Gasteiger partial charge in [0.1, 0.15) is 0 Å². The predicted octanol–water partition coefficient (Wildman–Crippen LogP) is 0.726. The Kier molecular flexibility index (Phi) is 4.73. The second-order valence-corrected chi connectivity index (χ2v) is 3.74. The smallest absolute Gasteiger partial charge is 0.188 e. The Morgan fingerprint density at radius 2 is 2.21 bits per heavy atom. The Labute approximate surface area is 85.9 Å². The largest absolute Gasteiger partial charge is 0.381 e. The van der Waals surface area contributed by atoms with Crippen molar-refractivity contribution in [3.05, 3.63) is 0 Å². The molecule has 3 N–H and O–H groups in total. The minimum atomic E-state index is 0.397. The second-order valence-electron chi connectivity index (χ2n) is 3.74. The Morgan fingerprint density at radius 1 is 1.57 bits per heavy atom. The standard InChI is InChI=1S/C10H21N3O/c1-3-12-10(11)13-8(2)9-4-6-14-7-5-9/h8-9H,3-7H2,1-2H3,(H3,11,12,13). The molecule has 4 heteroatoms. The molecule has 1 saturated heterocycles. The van der Waals surface area contributed by atoms with Crippen LogP contribution in [0.2, 0.25) is 0 Å². The maximum absolute atomic E-state index is 5.70. The molecule has 0 saturated carbocycles. The molecule has 0 spiro atoms. The van der Waals surface area contributed by atoms with Crippen LogP contribution in [0.25, 0.3) is 0 Å². The number of nitrogens with two attached hydrogens (primary N) is 1. The number of aliphatic imine (C=N–C) groups is 1. The third kappa shape index (κ3) is 3.54. The summed E-state index contributed by atoms with van der Waals surface area (Å²) in [5, 5.41) is 3.22. The summed E-state index contributed by atoms with van der Waals surface area (Å²) in [5.41, 5.74) is 5.70. The molecular formula is C10H21N3O. The van der Waals surface area contributed by atoms with E-state index in [1.807, 2.05) is 6.92 Å². The Morgan fingerprint density at radius 3 is 2.79 bits per heavy atom. The van der Waals surface area contributed by atoms with E-state index in [9.17, 15) is 0 Å². The van der Waals surface area contributed by atoms with Crippen LogP contribution in [-0.4, -0.2) is 31.8 Å². The molecule has 0 bridgehead atoms. The van der Waals surface area contributed by atoms with Crippen molar-refractivity contribution in [2.45, 2.75) is 32.7 Å². The lowest BCUT2D eigenvalue weighted by Crippen LogP contribution is -2.44. The molecule has 1 unspecified atom stereocenters. The monoisotopic (exact) mass is 199 g/mol. The molecule has 0 amide bonds. The van der Waals surface area contributed by atoms with E-state index >= 15 is 0 Å². The summed E-state index contributed by atoms with van der Waals surface area (Å²) in [6.45, 7) is 6.63. The molecule has 1 aliphatic rings. The van der Waals surface area contributed by atoms with Gasteiger partial charge in [-0.05, 0) is 32.6 Å². The van der Waals surface area contributed by atoms with E-state index in [1.54, 1.807) is 0 Å². The van der Waals surface area contributed by atoms with Crippen LogP contribution in [0.3, 0.4) is 0 Å². The molecule has 0 aromatic carbocycles. The summed E-state index contributed by atoms with van der Waals surface area (Å²) >= 11 is 0. The minimum absolute atomic E-state index is 0.397. The zero-order valence-electron chi connectivity index (χ0n) is 9.12. The van der Waals surface area contributed by atoms with Gasteiger partial charge in [-0.25, -0.2) is 0 Å². The van der Waals surface area contributed by atoms with Crippen molar-refractivity contribution in [1.29, 1.82) is 0 Å². The van der Waals surface area contributed by atoms with Gasteiger partial charge in [-0.3, -0.25) is 4.99 Å². The molecule has 82 valence electrons. The molecule has 4 nitrogen and oxygen atoms in total. The van der Waals surface area contributed by atoms with Gasteiger partial charge in [-0.1, -0.05) is 0 Å². The zero-order valence-corrected chi connectivity index (χ0v) is 9.12. The molecular weight excluding hydrogens is 178 g/mol. The molecule has 1 heterocycles. The number of rotatable bonds is 3. The topological polar surface area (TPSA) is 59.6 Å². The van der Waals surface area contributed by atoms with E-state index in [-0.39, 0.29) is 0 Å². The third-order valence-corrected chi connectivity index (χ3v) is 2.68. The van der Waals surface area contributed by atoms with Crippen LogP contribution in [0.5, 0.6) is 0 Å². The van der Waals surface area contributed by atoms with Gasteiger partial charge in [0.05, 0.1) is 0 Å².